The lowest BCUT2D eigenvalue weighted by atomic mass is 10.2. The van der Waals surface area contributed by atoms with Gasteiger partial charge in [0.2, 0.25) is 0 Å². The summed E-state index contributed by atoms with van der Waals surface area (Å²) in [4.78, 5) is 10.4. The number of hydrogen-bond acceptors (Lipinski definition) is 3. The van der Waals surface area contributed by atoms with Crippen molar-refractivity contribution in [2.24, 2.45) is 0 Å². The molecular weight excluding hydrogens is 194 g/mol. The zero-order valence-electron chi connectivity index (χ0n) is 9.03. The van der Waals surface area contributed by atoms with Crippen LogP contribution in [0.15, 0.2) is 11.6 Å². The summed E-state index contributed by atoms with van der Waals surface area (Å²) in [6.07, 6.45) is 4.92. The first-order valence-electron chi connectivity index (χ1n) is 5.13. The number of ether oxygens (including phenoxy) is 1. The zero-order chi connectivity index (χ0) is 11.5. The highest BCUT2D eigenvalue weighted by Gasteiger charge is 2.03. The van der Waals surface area contributed by atoms with E-state index in [2.05, 4.69) is 6.92 Å². The smallest absolute Gasteiger partial charge is 0.346 e. The lowest BCUT2D eigenvalue weighted by Gasteiger charge is -2.00. The number of rotatable bonds is 8. The van der Waals surface area contributed by atoms with Gasteiger partial charge < -0.3 is 9.84 Å². The van der Waals surface area contributed by atoms with Gasteiger partial charge in [-0.1, -0.05) is 19.4 Å². The summed E-state index contributed by atoms with van der Waals surface area (Å²) in [7, 11) is 0. The summed E-state index contributed by atoms with van der Waals surface area (Å²) in [6.45, 7) is 3.47. The van der Waals surface area contributed by atoms with Crippen molar-refractivity contribution in [2.75, 3.05) is 13.2 Å². The van der Waals surface area contributed by atoms with Crippen molar-refractivity contribution >= 4 is 5.97 Å². The first-order chi connectivity index (χ1) is 7.22. The van der Waals surface area contributed by atoms with Crippen LogP contribution in [-0.4, -0.2) is 24.3 Å². The number of carboxylic acid groups (broad SMARTS) is 1. The van der Waals surface area contributed by atoms with Crippen LogP contribution in [0.2, 0.25) is 0 Å². The number of hydrogen-bond donors (Lipinski definition) is 1. The van der Waals surface area contributed by atoms with Crippen molar-refractivity contribution in [2.45, 2.75) is 32.6 Å². The van der Waals surface area contributed by atoms with E-state index in [1.807, 2.05) is 0 Å². The maximum atomic E-state index is 10.4. The van der Waals surface area contributed by atoms with Crippen LogP contribution in [0.3, 0.4) is 0 Å². The van der Waals surface area contributed by atoms with Crippen molar-refractivity contribution in [3.05, 3.63) is 11.6 Å². The van der Waals surface area contributed by atoms with Crippen molar-refractivity contribution in [3.63, 3.8) is 0 Å². The fourth-order valence-electron chi connectivity index (χ4n) is 0.961. The highest BCUT2D eigenvalue weighted by Crippen LogP contribution is 1.99. The zero-order valence-corrected chi connectivity index (χ0v) is 9.03. The van der Waals surface area contributed by atoms with Gasteiger partial charge in [0, 0.05) is 13.2 Å². The molecule has 0 aromatic carbocycles. The summed E-state index contributed by atoms with van der Waals surface area (Å²) in [5, 5.41) is 17.0. The van der Waals surface area contributed by atoms with Crippen LogP contribution in [0.1, 0.15) is 32.6 Å². The minimum atomic E-state index is -1.16. The third-order valence-electron chi connectivity index (χ3n) is 1.83. The molecule has 0 aliphatic carbocycles. The van der Waals surface area contributed by atoms with Gasteiger partial charge in [-0.2, -0.15) is 5.26 Å². The molecule has 0 aromatic heterocycles. The molecular formula is C11H17NO3. The lowest BCUT2D eigenvalue weighted by molar-refractivity contribution is -0.132. The number of carbonyl (C=O) groups is 1. The van der Waals surface area contributed by atoms with Gasteiger partial charge in [-0.05, 0) is 19.3 Å². The molecule has 15 heavy (non-hydrogen) atoms. The number of nitrogens with zero attached hydrogens (tertiary/aromatic N) is 1. The van der Waals surface area contributed by atoms with Crippen molar-refractivity contribution < 1.29 is 14.6 Å². The first kappa shape index (κ1) is 13.7. The Morgan fingerprint density at radius 1 is 1.47 bits per heavy atom. The van der Waals surface area contributed by atoms with Crippen molar-refractivity contribution in [1.29, 1.82) is 5.26 Å². The Morgan fingerprint density at radius 3 is 2.67 bits per heavy atom. The quantitative estimate of drug-likeness (QED) is 0.379. The van der Waals surface area contributed by atoms with E-state index in [1.54, 1.807) is 6.07 Å². The van der Waals surface area contributed by atoms with E-state index in [4.69, 9.17) is 15.1 Å². The second-order valence-corrected chi connectivity index (χ2v) is 3.14. The fourth-order valence-corrected chi connectivity index (χ4v) is 0.961. The van der Waals surface area contributed by atoms with Gasteiger partial charge in [0.05, 0.1) is 0 Å². The van der Waals surface area contributed by atoms with Gasteiger partial charge in [0.15, 0.2) is 0 Å². The minimum absolute atomic E-state index is 0.191. The maximum absolute atomic E-state index is 10.4. The Balaban J connectivity index is 3.52. The predicted molar refractivity (Wildman–Crippen MR) is 56.3 cm³/mol. The molecule has 0 bridgehead atoms. The molecule has 0 spiro atoms. The summed E-state index contributed by atoms with van der Waals surface area (Å²) in [6, 6.07) is 1.63. The Bertz CT molecular complexity index is 253. The van der Waals surface area contributed by atoms with Crippen LogP contribution >= 0.6 is 0 Å². The topological polar surface area (TPSA) is 70.3 Å². The minimum Gasteiger partial charge on any atom is -0.477 e. The van der Waals surface area contributed by atoms with Gasteiger partial charge in [-0.15, -0.1) is 0 Å². The second kappa shape index (κ2) is 9.22. The van der Waals surface area contributed by atoms with E-state index in [9.17, 15) is 4.79 Å². The fraction of sp³-hybridized carbons (Fsp3) is 0.636. The molecule has 0 atom stereocenters. The maximum Gasteiger partial charge on any atom is 0.346 e. The Morgan fingerprint density at radius 2 is 2.13 bits per heavy atom. The van der Waals surface area contributed by atoms with Crippen LogP contribution in [0.5, 0.6) is 0 Å². The lowest BCUT2D eigenvalue weighted by Crippen LogP contribution is -1.99. The number of unbranched alkanes of at least 4 members (excludes halogenated alkanes) is 2. The Labute approximate surface area is 90.2 Å². The van der Waals surface area contributed by atoms with Crippen molar-refractivity contribution in [3.8, 4) is 6.07 Å². The molecule has 0 aliphatic rings. The molecule has 0 rings (SSSR count). The van der Waals surface area contributed by atoms with E-state index in [-0.39, 0.29) is 5.57 Å². The second-order valence-electron chi connectivity index (χ2n) is 3.14. The van der Waals surface area contributed by atoms with Gasteiger partial charge in [-0.25, -0.2) is 4.79 Å². The highest BCUT2D eigenvalue weighted by atomic mass is 16.5. The van der Waals surface area contributed by atoms with E-state index >= 15 is 0 Å². The number of nitriles is 1. The molecule has 0 radical (unpaired) electrons. The molecule has 0 unspecified atom stereocenters. The third-order valence-corrected chi connectivity index (χ3v) is 1.83. The molecule has 0 saturated heterocycles. The molecule has 0 fully saturated rings. The van der Waals surface area contributed by atoms with E-state index in [0.717, 1.165) is 25.9 Å². The Hall–Kier alpha value is -1.34. The van der Waals surface area contributed by atoms with Crippen LogP contribution in [-0.2, 0) is 9.53 Å². The standard InChI is InChI=1S/C11H17NO3/c1-2-3-7-15-8-5-4-6-10(9-12)11(13)14/h6H,2-5,7-8H2,1H3,(H,13,14). The molecule has 0 aromatic rings. The van der Waals surface area contributed by atoms with Crippen LogP contribution in [0.25, 0.3) is 0 Å². The third kappa shape index (κ3) is 7.71. The number of aliphatic carboxylic acids is 1. The van der Waals surface area contributed by atoms with Crippen LogP contribution < -0.4 is 0 Å². The molecule has 4 nitrogen and oxygen atoms in total. The molecule has 1 N–H and O–H groups in total. The largest absolute Gasteiger partial charge is 0.477 e. The average molecular weight is 211 g/mol. The molecule has 4 heteroatoms. The van der Waals surface area contributed by atoms with E-state index < -0.39 is 5.97 Å². The van der Waals surface area contributed by atoms with Gasteiger partial charge in [0.1, 0.15) is 11.6 Å². The van der Waals surface area contributed by atoms with Gasteiger partial charge in [0.25, 0.3) is 0 Å². The molecule has 0 heterocycles. The summed E-state index contributed by atoms with van der Waals surface area (Å²) >= 11 is 0. The Kier molecular flexibility index (Phi) is 8.40. The van der Waals surface area contributed by atoms with Crippen LogP contribution in [0, 0.1) is 11.3 Å². The summed E-state index contributed by atoms with van der Waals surface area (Å²) in [5.74, 6) is -1.16. The van der Waals surface area contributed by atoms with E-state index in [1.165, 1.54) is 6.08 Å². The molecule has 0 aliphatic heterocycles. The molecule has 0 saturated carbocycles. The van der Waals surface area contributed by atoms with Gasteiger partial charge in [-0.3, -0.25) is 0 Å². The SMILES string of the molecule is CCCCOCCCC=C(C#N)C(=O)O. The predicted octanol–water partition coefficient (Wildman–Crippen LogP) is 2.12. The average Bonchev–Trinajstić information content (AvgIpc) is 2.21. The van der Waals surface area contributed by atoms with Crippen LogP contribution in [0.4, 0.5) is 0 Å². The summed E-state index contributed by atoms with van der Waals surface area (Å²) in [5.41, 5.74) is -0.191. The van der Waals surface area contributed by atoms with E-state index in [0.29, 0.717) is 13.0 Å². The normalized spacial score (nSPS) is 11.1. The summed E-state index contributed by atoms with van der Waals surface area (Å²) < 4.78 is 5.29. The monoisotopic (exact) mass is 211 g/mol. The highest BCUT2D eigenvalue weighted by molar-refractivity contribution is 5.90. The molecule has 84 valence electrons. The number of allylic oxidation sites excluding steroid dienone is 1. The number of carboxylic acids is 1. The molecule has 0 amide bonds. The van der Waals surface area contributed by atoms with Crippen molar-refractivity contribution in [1.82, 2.24) is 0 Å². The first-order valence-corrected chi connectivity index (χ1v) is 5.13. The van der Waals surface area contributed by atoms with Gasteiger partial charge >= 0.3 is 5.97 Å².